The quantitative estimate of drug-likeness (QED) is 0.481. The van der Waals surface area contributed by atoms with Crippen molar-refractivity contribution in [3.05, 3.63) is 104 Å². The smallest absolute Gasteiger partial charge is 0.0160 e. The SMILES string of the molecule is CN1C=CN(c2[c-]cccc2)[CH-]1.[Pt].[c-]1ccccc1-c1ccccn1. The molecular formula is C21H18N3Pt-3. The summed E-state index contributed by atoms with van der Waals surface area (Å²) in [6.07, 6.45) is 5.79. The van der Waals surface area contributed by atoms with Crippen molar-refractivity contribution in [3.8, 4) is 11.3 Å². The Morgan fingerprint density at radius 3 is 2.20 bits per heavy atom. The van der Waals surface area contributed by atoms with Gasteiger partial charge in [-0.15, -0.1) is 41.6 Å². The number of pyridine rings is 1. The summed E-state index contributed by atoms with van der Waals surface area (Å²) in [5.41, 5.74) is 3.08. The second-order valence-electron chi connectivity index (χ2n) is 5.23. The molecule has 0 aliphatic carbocycles. The van der Waals surface area contributed by atoms with E-state index >= 15 is 0 Å². The van der Waals surface area contributed by atoms with Crippen LogP contribution in [0.4, 0.5) is 5.69 Å². The largest absolute Gasteiger partial charge is 0.510 e. The molecule has 4 rings (SSSR count). The van der Waals surface area contributed by atoms with Gasteiger partial charge in [-0.1, -0.05) is 12.1 Å². The predicted octanol–water partition coefficient (Wildman–Crippen LogP) is 4.38. The zero-order chi connectivity index (χ0) is 16.6. The maximum absolute atomic E-state index is 4.22. The van der Waals surface area contributed by atoms with Crippen LogP contribution >= 0.6 is 0 Å². The Balaban J connectivity index is 0.000000173. The van der Waals surface area contributed by atoms with Gasteiger partial charge in [0.05, 0.1) is 0 Å². The molecule has 0 N–H and O–H groups in total. The summed E-state index contributed by atoms with van der Waals surface area (Å²) in [6, 6.07) is 27.9. The van der Waals surface area contributed by atoms with Gasteiger partial charge in [-0.2, -0.15) is 37.0 Å². The van der Waals surface area contributed by atoms with Gasteiger partial charge in [0, 0.05) is 27.3 Å². The van der Waals surface area contributed by atoms with Crippen LogP contribution in [-0.4, -0.2) is 16.9 Å². The van der Waals surface area contributed by atoms with Gasteiger partial charge in [-0.3, -0.25) is 0 Å². The van der Waals surface area contributed by atoms with Gasteiger partial charge in [0.25, 0.3) is 0 Å². The molecule has 0 radical (unpaired) electrons. The molecule has 0 saturated carbocycles. The molecule has 0 amide bonds. The molecule has 0 atom stereocenters. The summed E-state index contributed by atoms with van der Waals surface area (Å²) < 4.78 is 0. The van der Waals surface area contributed by atoms with Crippen molar-refractivity contribution >= 4 is 5.69 Å². The fraction of sp³-hybridized carbons (Fsp3) is 0.0476. The van der Waals surface area contributed by atoms with Crippen molar-refractivity contribution < 1.29 is 21.1 Å². The Morgan fingerprint density at radius 2 is 1.64 bits per heavy atom. The van der Waals surface area contributed by atoms with E-state index in [0.29, 0.717) is 0 Å². The van der Waals surface area contributed by atoms with Crippen molar-refractivity contribution in [1.82, 2.24) is 9.88 Å². The summed E-state index contributed by atoms with van der Waals surface area (Å²) in [5.74, 6) is 0. The molecule has 25 heavy (non-hydrogen) atoms. The van der Waals surface area contributed by atoms with Gasteiger partial charge in [-0.05, 0) is 31.2 Å². The molecule has 3 nitrogen and oxygen atoms in total. The van der Waals surface area contributed by atoms with Crippen LogP contribution < -0.4 is 4.90 Å². The average molecular weight is 507 g/mol. The zero-order valence-corrected chi connectivity index (χ0v) is 16.1. The van der Waals surface area contributed by atoms with Crippen molar-refractivity contribution in [1.29, 1.82) is 0 Å². The van der Waals surface area contributed by atoms with E-state index < -0.39 is 0 Å². The predicted molar refractivity (Wildman–Crippen MR) is 97.5 cm³/mol. The third-order valence-corrected chi connectivity index (χ3v) is 3.39. The molecule has 1 aliphatic rings. The van der Waals surface area contributed by atoms with E-state index in [1.165, 1.54) is 0 Å². The van der Waals surface area contributed by atoms with Crippen LogP contribution in [0.25, 0.3) is 11.3 Å². The van der Waals surface area contributed by atoms with Crippen LogP contribution in [0.2, 0.25) is 0 Å². The van der Waals surface area contributed by atoms with E-state index in [2.05, 4.69) is 17.1 Å². The number of rotatable bonds is 2. The Bertz CT molecular complexity index is 723. The number of para-hydroxylation sites is 1. The third kappa shape index (κ3) is 5.58. The molecule has 2 aromatic carbocycles. The van der Waals surface area contributed by atoms with Crippen LogP contribution in [0.15, 0.2) is 85.3 Å². The first kappa shape index (κ1) is 18.9. The minimum absolute atomic E-state index is 0. The molecule has 1 aromatic heterocycles. The van der Waals surface area contributed by atoms with E-state index in [1.54, 1.807) is 6.20 Å². The summed E-state index contributed by atoms with van der Waals surface area (Å²) in [6.45, 7) is 2.01. The van der Waals surface area contributed by atoms with Gasteiger partial charge >= 0.3 is 0 Å². The van der Waals surface area contributed by atoms with Crippen LogP contribution in [0.5, 0.6) is 0 Å². The third-order valence-electron chi connectivity index (χ3n) is 3.39. The molecule has 0 unspecified atom stereocenters. The maximum atomic E-state index is 4.22. The minimum atomic E-state index is 0. The summed E-state index contributed by atoms with van der Waals surface area (Å²) in [4.78, 5) is 8.25. The van der Waals surface area contributed by atoms with E-state index in [-0.39, 0.29) is 21.1 Å². The summed E-state index contributed by atoms with van der Waals surface area (Å²) >= 11 is 0. The molecule has 4 heteroatoms. The molecule has 2 heterocycles. The van der Waals surface area contributed by atoms with Gasteiger partial charge in [0.15, 0.2) is 0 Å². The van der Waals surface area contributed by atoms with Gasteiger partial charge in [-0.25, -0.2) is 0 Å². The van der Waals surface area contributed by atoms with Crippen LogP contribution in [0.3, 0.4) is 0 Å². The van der Waals surface area contributed by atoms with Crippen LogP contribution in [0.1, 0.15) is 0 Å². The maximum Gasteiger partial charge on any atom is 0.0160 e. The molecular weight excluding hydrogens is 489 g/mol. The van der Waals surface area contributed by atoms with Gasteiger partial charge < -0.3 is 14.8 Å². The Kier molecular flexibility index (Phi) is 7.43. The standard InChI is InChI=1S/C11H8N.C10H10N2.Pt/c1-2-6-10(7-3-1)11-8-4-5-9-12-11;1-11-7-8-12(9-11)10-5-3-2-4-6-10;/h1-6,8-9H;2-5,7-9H,1H3;/q-1;-2;. The molecule has 130 valence electrons. The van der Waals surface area contributed by atoms with Gasteiger partial charge in [0.2, 0.25) is 0 Å². The summed E-state index contributed by atoms with van der Waals surface area (Å²) in [5, 5.41) is 0. The number of anilines is 1. The Labute approximate surface area is 163 Å². The van der Waals surface area contributed by atoms with Crippen LogP contribution in [0, 0.1) is 18.8 Å². The number of nitrogens with zero attached hydrogens (tertiary/aromatic N) is 3. The van der Waals surface area contributed by atoms with E-state index in [4.69, 9.17) is 0 Å². The minimum Gasteiger partial charge on any atom is -0.510 e. The van der Waals surface area contributed by atoms with E-state index in [9.17, 15) is 0 Å². The summed E-state index contributed by atoms with van der Waals surface area (Å²) in [7, 11) is 2.00. The fourth-order valence-corrected chi connectivity index (χ4v) is 2.21. The number of hydrogen-bond acceptors (Lipinski definition) is 3. The first-order valence-electron chi connectivity index (χ1n) is 7.71. The Morgan fingerprint density at radius 1 is 0.880 bits per heavy atom. The molecule has 1 aliphatic heterocycles. The Hall–Kier alpha value is -2.38. The fourth-order valence-electron chi connectivity index (χ4n) is 2.21. The normalized spacial score (nSPS) is 12.2. The first-order chi connectivity index (χ1) is 11.8. The van der Waals surface area contributed by atoms with E-state index in [0.717, 1.165) is 16.9 Å². The number of benzene rings is 2. The van der Waals surface area contributed by atoms with Crippen molar-refractivity contribution in [2.45, 2.75) is 0 Å². The van der Waals surface area contributed by atoms with Gasteiger partial charge in [0.1, 0.15) is 0 Å². The molecule has 3 aromatic rings. The van der Waals surface area contributed by atoms with Crippen molar-refractivity contribution in [2.75, 3.05) is 11.9 Å². The molecule has 0 bridgehead atoms. The second-order valence-corrected chi connectivity index (χ2v) is 5.23. The molecule has 0 fully saturated rings. The average Bonchev–Trinajstić information content (AvgIpc) is 3.11. The van der Waals surface area contributed by atoms with Crippen molar-refractivity contribution in [3.63, 3.8) is 0 Å². The second kappa shape index (κ2) is 9.80. The van der Waals surface area contributed by atoms with Crippen LogP contribution in [-0.2, 0) is 21.1 Å². The molecule has 0 spiro atoms. The molecule has 0 saturated heterocycles. The number of aromatic nitrogens is 1. The van der Waals surface area contributed by atoms with Crippen molar-refractivity contribution in [2.24, 2.45) is 0 Å². The first-order valence-corrected chi connectivity index (χ1v) is 7.71. The number of hydrogen-bond donors (Lipinski definition) is 0. The monoisotopic (exact) mass is 507 g/mol. The van der Waals surface area contributed by atoms with E-state index in [1.807, 2.05) is 103 Å². The zero-order valence-electron chi connectivity index (χ0n) is 13.8. The topological polar surface area (TPSA) is 19.4 Å².